The Kier molecular flexibility index (Phi) is 7.37. The normalized spacial score (nSPS) is 10.5. The minimum Gasteiger partial charge on any atom is -0.493 e. The van der Waals surface area contributed by atoms with Crippen molar-refractivity contribution in [2.24, 2.45) is 5.10 Å². The van der Waals surface area contributed by atoms with Gasteiger partial charge in [0, 0.05) is 5.56 Å². The molecule has 0 bridgehead atoms. The number of anilines is 1. The number of carbonyl (C=O) groups is 2. The van der Waals surface area contributed by atoms with E-state index in [1.54, 1.807) is 73.8 Å². The van der Waals surface area contributed by atoms with Crippen molar-refractivity contribution in [3.05, 3.63) is 89.5 Å². The van der Waals surface area contributed by atoms with E-state index in [1.807, 2.05) is 13.0 Å². The van der Waals surface area contributed by atoms with Crippen LogP contribution < -0.4 is 20.2 Å². The van der Waals surface area contributed by atoms with Gasteiger partial charge in [-0.05, 0) is 55.0 Å². The van der Waals surface area contributed by atoms with Gasteiger partial charge in [-0.25, -0.2) is 5.43 Å². The Morgan fingerprint density at radius 3 is 2.42 bits per heavy atom. The summed E-state index contributed by atoms with van der Waals surface area (Å²) in [5.74, 6) is 0.463. The van der Waals surface area contributed by atoms with E-state index in [-0.39, 0.29) is 5.91 Å². The van der Waals surface area contributed by atoms with Gasteiger partial charge >= 0.3 is 0 Å². The van der Waals surface area contributed by atoms with Crippen LogP contribution >= 0.6 is 0 Å². The second kappa shape index (κ2) is 10.6. The SMILES string of the molecule is CCOc1cc(/C=N/NC(=O)c2ccccc2NC(=O)c2ccccc2)ccc1OC. The molecule has 0 heterocycles. The van der Waals surface area contributed by atoms with Crippen molar-refractivity contribution < 1.29 is 19.1 Å². The largest absolute Gasteiger partial charge is 0.493 e. The van der Waals surface area contributed by atoms with Crippen LogP contribution in [0, 0.1) is 0 Å². The zero-order chi connectivity index (χ0) is 22.1. The fourth-order valence-electron chi connectivity index (χ4n) is 2.84. The van der Waals surface area contributed by atoms with Gasteiger partial charge in [-0.3, -0.25) is 9.59 Å². The van der Waals surface area contributed by atoms with Crippen molar-refractivity contribution in [1.82, 2.24) is 5.43 Å². The summed E-state index contributed by atoms with van der Waals surface area (Å²) in [4.78, 5) is 25.1. The number of hydrazone groups is 1. The molecule has 2 amide bonds. The lowest BCUT2D eigenvalue weighted by molar-refractivity contribution is 0.0956. The first-order valence-corrected chi connectivity index (χ1v) is 9.72. The Balaban J connectivity index is 1.70. The van der Waals surface area contributed by atoms with Crippen LogP contribution in [0.15, 0.2) is 77.9 Å². The number of rotatable bonds is 8. The number of amides is 2. The number of para-hydroxylation sites is 1. The number of nitrogens with zero attached hydrogens (tertiary/aromatic N) is 1. The summed E-state index contributed by atoms with van der Waals surface area (Å²) in [6, 6.07) is 20.9. The molecule has 0 aliphatic carbocycles. The van der Waals surface area contributed by atoms with Crippen LogP contribution in [0.3, 0.4) is 0 Å². The Morgan fingerprint density at radius 2 is 1.68 bits per heavy atom. The summed E-state index contributed by atoms with van der Waals surface area (Å²) >= 11 is 0. The third-order valence-corrected chi connectivity index (χ3v) is 4.32. The van der Waals surface area contributed by atoms with Gasteiger partial charge in [0.15, 0.2) is 11.5 Å². The standard InChI is InChI=1S/C24H23N3O4/c1-3-31-22-15-17(13-14-21(22)30-2)16-25-27-24(29)19-11-7-8-12-20(19)26-23(28)18-9-5-4-6-10-18/h4-16H,3H2,1-2H3,(H,26,28)(H,27,29)/b25-16+. The number of hydrogen-bond donors (Lipinski definition) is 2. The lowest BCUT2D eigenvalue weighted by Gasteiger charge is -2.10. The summed E-state index contributed by atoms with van der Waals surface area (Å²) in [7, 11) is 1.57. The molecule has 158 valence electrons. The first kappa shape index (κ1) is 21.6. The summed E-state index contributed by atoms with van der Waals surface area (Å²) in [5, 5.41) is 6.79. The van der Waals surface area contributed by atoms with Crippen LogP contribution in [-0.4, -0.2) is 31.7 Å². The van der Waals surface area contributed by atoms with Crippen molar-refractivity contribution >= 4 is 23.7 Å². The van der Waals surface area contributed by atoms with Crippen molar-refractivity contribution in [2.45, 2.75) is 6.92 Å². The minimum absolute atomic E-state index is 0.300. The Labute approximate surface area is 180 Å². The van der Waals surface area contributed by atoms with Crippen molar-refractivity contribution in [3.8, 4) is 11.5 Å². The van der Waals surface area contributed by atoms with Crippen LogP contribution in [0.5, 0.6) is 11.5 Å². The molecule has 3 aromatic carbocycles. The molecule has 0 saturated carbocycles. The van der Waals surface area contributed by atoms with E-state index >= 15 is 0 Å². The van der Waals surface area contributed by atoms with E-state index in [4.69, 9.17) is 9.47 Å². The molecule has 0 atom stereocenters. The highest BCUT2D eigenvalue weighted by molar-refractivity contribution is 6.09. The Hall–Kier alpha value is -4.13. The molecule has 7 nitrogen and oxygen atoms in total. The molecule has 0 fully saturated rings. The van der Waals surface area contributed by atoms with Crippen LogP contribution in [0.4, 0.5) is 5.69 Å². The van der Waals surface area contributed by atoms with E-state index in [9.17, 15) is 9.59 Å². The summed E-state index contributed by atoms with van der Waals surface area (Å²) in [6.07, 6.45) is 1.50. The third kappa shape index (κ3) is 5.70. The van der Waals surface area contributed by atoms with Gasteiger partial charge in [-0.2, -0.15) is 5.10 Å². The lowest BCUT2D eigenvalue weighted by atomic mass is 10.1. The maximum absolute atomic E-state index is 12.6. The van der Waals surface area contributed by atoms with E-state index in [1.165, 1.54) is 6.21 Å². The van der Waals surface area contributed by atoms with Crippen LogP contribution in [-0.2, 0) is 0 Å². The highest BCUT2D eigenvalue weighted by Gasteiger charge is 2.13. The molecular weight excluding hydrogens is 394 g/mol. The van der Waals surface area contributed by atoms with E-state index < -0.39 is 5.91 Å². The van der Waals surface area contributed by atoms with Gasteiger partial charge in [-0.15, -0.1) is 0 Å². The highest BCUT2D eigenvalue weighted by atomic mass is 16.5. The molecule has 7 heteroatoms. The smallest absolute Gasteiger partial charge is 0.273 e. The molecule has 0 aliphatic heterocycles. The number of ether oxygens (including phenoxy) is 2. The van der Waals surface area contributed by atoms with E-state index in [2.05, 4.69) is 15.8 Å². The average molecular weight is 417 g/mol. The maximum Gasteiger partial charge on any atom is 0.273 e. The van der Waals surface area contributed by atoms with Gasteiger partial charge in [0.25, 0.3) is 11.8 Å². The zero-order valence-electron chi connectivity index (χ0n) is 17.3. The van der Waals surface area contributed by atoms with Gasteiger partial charge in [0.1, 0.15) is 0 Å². The maximum atomic E-state index is 12.6. The van der Waals surface area contributed by atoms with Crippen molar-refractivity contribution in [1.29, 1.82) is 0 Å². The molecule has 3 rings (SSSR count). The predicted octanol–water partition coefficient (Wildman–Crippen LogP) is 4.11. The van der Waals surface area contributed by atoms with Gasteiger partial charge < -0.3 is 14.8 Å². The molecular formula is C24H23N3O4. The second-order valence-electron chi connectivity index (χ2n) is 6.41. The Morgan fingerprint density at radius 1 is 0.935 bits per heavy atom. The molecule has 0 unspecified atom stereocenters. The molecule has 0 saturated heterocycles. The molecule has 2 N–H and O–H groups in total. The quantitative estimate of drug-likeness (QED) is 0.426. The van der Waals surface area contributed by atoms with Crippen molar-refractivity contribution in [2.75, 3.05) is 19.0 Å². The average Bonchev–Trinajstić information content (AvgIpc) is 2.80. The number of hydrogen-bond acceptors (Lipinski definition) is 5. The van der Waals surface area contributed by atoms with Crippen molar-refractivity contribution in [3.63, 3.8) is 0 Å². The second-order valence-corrected chi connectivity index (χ2v) is 6.41. The molecule has 0 spiro atoms. The lowest BCUT2D eigenvalue weighted by Crippen LogP contribution is -2.21. The number of nitrogens with one attached hydrogen (secondary N) is 2. The minimum atomic E-state index is -0.446. The Bertz CT molecular complexity index is 1080. The molecule has 0 radical (unpaired) electrons. The highest BCUT2D eigenvalue weighted by Crippen LogP contribution is 2.27. The first-order chi connectivity index (χ1) is 15.1. The topological polar surface area (TPSA) is 89.0 Å². The fraction of sp³-hybridized carbons (Fsp3) is 0.125. The monoisotopic (exact) mass is 417 g/mol. The number of carbonyl (C=O) groups excluding carboxylic acids is 2. The zero-order valence-corrected chi connectivity index (χ0v) is 17.3. The van der Waals surface area contributed by atoms with Crippen LogP contribution in [0.25, 0.3) is 0 Å². The van der Waals surface area contributed by atoms with Crippen LogP contribution in [0.1, 0.15) is 33.2 Å². The van der Waals surface area contributed by atoms with E-state index in [0.717, 1.165) is 5.56 Å². The fourth-order valence-corrected chi connectivity index (χ4v) is 2.84. The molecule has 31 heavy (non-hydrogen) atoms. The molecule has 0 aromatic heterocycles. The summed E-state index contributed by atoms with van der Waals surface area (Å²) in [5.41, 5.74) is 4.42. The molecule has 3 aromatic rings. The summed E-state index contributed by atoms with van der Waals surface area (Å²) in [6.45, 7) is 2.38. The van der Waals surface area contributed by atoms with Gasteiger partial charge in [0.2, 0.25) is 0 Å². The number of methoxy groups -OCH3 is 1. The predicted molar refractivity (Wildman–Crippen MR) is 120 cm³/mol. The summed E-state index contributed by atoms with van der Waals surface area (Å²) < 4.78 is 10.8. The van der Waals surface area contributed by atoms with Gasteiger partial charge in [-0.1, -0.05) is 30.3 Å². The third-order valence-electron chi connectivity index (χ3n) is 4.32. The van der Waals surface area contributed by atoms with Crippen LogP contribution in [0.2, 0.25) is 0 Å². The first-order valence-electron chi connectivity index (χ1n) is 9.72. The van der Waals surface area contributed by atoms with E-state index in [0.29, 0.717) is 34.9 Å². The molecule has 0 aliphatic rings. The van der Waals surface area contributed by atoms with Gasteiger partial charge in [0.05, 0.1) is 31.2 Å². The number of benzene rings is 3.